The fourth-order valence-corrected chi connectivity index (χ4v) is 3.51. The van der Waals surface area contributed by atoms with Gasteiger partial charge in [0.1, 0.15) is 12.3 Å². The number of benzene rings is 1. The molecule has 7 heteroatoms. The highest BCUT2D eigenvalue weighted by Gasteiger charge is 2.24. The van der Waals surface area contributed by atoms with E-state index in [4.69, 9.17) is 9.15 Å². The van der Waals surface area contributed by atoms with Gasteiger partial charge in [0.2, 0.25) is 0 Å². The summed E-state index contributed by atoms with van der Waals surface area (Å²) < 4.78 is 12.3. The maximum absolute atomic E-state index is 5.86. The monoisotopic (exact) mass is 408 g/mol. The van der Waals surface area contributed by atoms with Crippen LogP contribution in [0.4, 0.5) is 0 Å². The quantitative estimate of drug-likeness (QED) is 0.679. The molecule has 5 nitrogen and oxygen atoms in total. The second kappa shape index (κ2) is 7.46. The Labute approximate surface area is 153 Å². The lowest BCUT2D eigenvalue weighted by molar-refractivity contribution is -0.925. The van der Waals surface area contributed by atoms with Crippen LogP contribution in [0.15, 0.2) is 44.6 Å². The minimum Gasteiger partial charge on any atom is -0.496 e. The highest BCUT2D eigenvalue weighted by Crippen LogP contribution is 2.25. The first-order valence-corrected chi connectivity index (χ1v) is 9.27. The Balaban J connectivity index is 1.75. The Morgan fingerprint density at radius 2 is 2.17 bits per heavy atom. The van der Waals surface area contributed by atoms with Gasteiger partial charge in [-0.15, -0.1) is 21.5 Å². The number of nitrogens with zero attached hydrogens (tertiary/aromatic N) is 2. The second-order valence-corrected chi connectivity index (χ2v) is 7.49. The van der Waals surface area contributed by atoms with Crippen LogP contribution in [0.1, 0.15) is 24.4 Å². The van der Waals surface area contributed by atoms with Crippen LogP contribution in [0.25, 0.3) is 10.8 Å². The molecule has 0 radical (unpaired) electrons. The first-order chi connectivity index (χ1) is 11.6. The van der Waals surface area contributed by atoms with Crippen LogP contribution in [0.3, 0.4) is 0 Å². The Morgan fingerprint density at radius 3 is 2.88 bits per heavy atom. The molecule has 3 rings (SSSR count). The van der Waals surface area contributed by atoms with E-state index in [0.717, 1.165) is 27.2 Å². The Kier molecular flexibility index (Phi) is 5.33. The molecule has 24 heavy (non-hydrogen) atoms. The molecule has 0 aliphatic rings. The number of nitrogens with one attached hydrogen (secondary N) is 1. The molecular weight excluding hydrogens is 390 g/mol. The van der Waals surface area contributed by atoms with E-state index in [9.17, 15) is 0 Å². The summed E-state index contributed by atoms with van der Waals surface area (Å²) >= 11 is 5.11. The van der Waals surface area contributed by atoms with Gasteiger partial charge in [0.15, 0.2) is 6.04 Å². The van der Waals surface area contributed by atoms with Crippen molar-refractivity contribution >= 4 is 27.3 Å². The molecule has 0 bridgehead atoms. The molecular formula is C17H19BrN3O2S+. The van der Waals surface area contributed by atoms with E-state index in [2.05, 4.69) is 46.2 Å². The summed E-state index contributed by atoms with van der Waals surface area (Å²) in [4.78, 5) is 2.24. The standard InChI is InChI=1S/C17H18BrN3O2S/c1-11(16-19-20-17(23-16)15-5-4-8-24-15)21(2)10-12-9-13(18)6-7-14(12)22-3/h4-9,11H,10H2,1-3H3/p+1/t11-/m0/s1. The largest absolute Gasteiger partial charge is 0.496 e. The first kappa shape index (κ1) is 17.1. The number of halogens is 1. The first-order valence-electron chi connectivity index (χ1n) is 7.60. The highest BCUT2D eigenvalue weighted by molar-refractivity contribution is 9.10. The Hall–Kier alpha value is -1.70. The lowest BCUT2D eigenvalue weighted by Gasteiger charge is -2.20. The van der Waals surface area contributed by atoms with E-state index in [-0.39, 0.29) is 6.04 Å². The molecule has 1 aromatic carbocycles. The molecule has 2 aromatic heterocycles. The fraction of sp³-hybridized carbons (Fsp3) is 0.294. The zero-order valence-electron chi connectivity index (χ0n) is 13.7. The third-order valence-corrected chi connectivity index (χ3v) is 5.35. The molecule has 2 atom stereocenters. The molecule has 126 valence electrons. The molecule has 3 aromatic rings. The summed E-state index contributed by atoms with van der Waals surface area (Å²) in [5.74, 6) is 2.11. The molecule has 0 aliphatic heterocycles. The third kappa shape index (κ3) is 3.68. The topological polar surface area (TPSA) is 52.6 Å². The number of ether oxygens (including phenoxy) is 1. The van der Waals surface area contributed by atoms with Crippen molar-refractivity contribution in [3.63, 3.8) is 0 Å². The van der Waals surface area contributed by atoms with Gasteiger partial charge in [-0.3, -0.25) is 0 Å². The van der Waals surface area contributed by atoms with E-state index >= 15 is 0 Å². The van der Waals surface area contributed by atoms with Gasteiger partial charge in [0.25, 0.3) is 11.8 Å². The lowest BCUT2D eigenvalue weighted by atomic mass is 10.1. The maximum Gasteiger partial charge on any atom is 0.274 e. The van der Waals surface area contributed by atoms with Crippen molar-refractivity contribution in [3.05, 3.63) is 51.6 Å². The van der Waals surface area contributed by atoms with Gasteiger partial charge in [-0.1, -0.05) is 22.0 Å². The SMILES string of the molecule is COc1ccc(Br)cc1C[NH+](C)[C@@H](C)c1nnc(-c2cccs2)o1. The predicted octanol–water partition coefficient (Wildman–Crippen LogP) is 3.35. The molecule has 0 saturated carbocycles. The minimum atomic E-state index is 0.0786. The van der Waals surface area contributed by atoms with E-state index < -0.39 is 0 Å². The molecule has 1 unspecified atom stereocenters. The van der Waals surface area contributed by atoms with E-state index in [1.165, 1.54) is 4.90 Å². The van der Waals surface area contributed by atoms with Crippen molar-refractivity contribution in [2.24, 2.45) is 0 Å². The molecule has 0 fully saturated rings. The predicted molar refractivity (Wildman–Crippen MR) is 97.3 cm³/mol. The number of hydrogen-bond donors (Lipinski definition) is 1. The summed E-state index contributed by atoms with van der Waals surface area (Å²) in [5.41, 5.74) is 1.13. The van der Waals surface area contributed by atoms with Crippen LogP contribution < -0.4 is 9.64 Å². The number of thiophene rings is 1. The normalized spacial score (nSPS) is 13.7. The number of methoxy groups -OCH3 is 1. The van der Waals surface area contributed by atoms with Crippen LogP contribution >= 0.6 is 27.3 Å². The highest BCUT2D eigenvalue weighted by atomic mass is 79.9. The van der Waals surface area contributed by atoms with E-state index in [1.54, 1.807) is 18.4 Å². The van der Waals surface area contributed by atoms with Crippen LogP contribution in [0.2, 0.25) is 0 Å². The number of rotatable bonds is 6. The maximum atomic E-state index is 5.86. The summed E-state index contributed by atoms with van der Waals surface area (Å²) in [6, 6.07) is 10.1. The molecule has 0 amide bonds. The zero-order valence-corrected chi connectivity index (χ0v) is 16.1. The van der Waals surface area contributed by atoms with Crippen molar-refractivity contribution in [1.82, 2.24) is 10.2 Å². The summed E-state index contributed by atoms with van der Waals surface area (Å²) in [5, 5.41) is 10.4. The fourth-order valence-electron chi connectivity index (χ4n) is 2.46. The van der Waals surface area contributed by atoms with Crippen LogP contribution in [0.5, 0.6) is 5.75 Å². The third-order valence-electron chi connectivity index (χ3n) is 3.99. The van der Waals surface area contributed by atoms with Gasteiger partial charge in [0, 0.05) is 10.0 Å². The molecule has 0 aliphatic carbocycles. The van der Waals surface area contributed by atoms with Gasteiger partial charge in [0.05, 0.1) is 19.0 Å². The Bertz CT molecular complexity index is 804. The zero-order chi connectivity index (χ0) is 17.1. The lowest BCUT2D eigenvalue weighted by Crippen LogP contribution is -3.07. The summed E-state index contributed by atoms with van der Waals surface area (Å²) in [6.45, 7) is 2.88. The molecule has 0 spiro atoms. The second-order valence-electron chi connectivity index (χ2n) is 5.62. The molecule has 1 N–H and O–H groups in total. The van der Waals surface area contributed by atoms with Crippen LogP contribution in [-0.4, -0.2) is 24.4 Å². The van der Waals surface area contributed by atoms with Gasteiger partial charge < -0.3 is 14.1 Å². The van der Waals surface area contributed by atoms with Gasteiger partial charge in [-0.05, 0) is 36.6 Å². The number of hydrogen-bond acceptors (Lipinski definition) is 5. The number of aromatic nitrogens is 2. The van der Waals surface area contributed by atoms with E-state index in [0.29, 0.717) is 11.8 Å². The summed E-state index contributed by atoms with van der Waals surface area (Å²) in [6.07, 6.45) is 0. The smallest absolute Gasteiger partial charge is 0.274 e. The van der Waals surface area contributed by atoms with Crippen molar-refractivity contribution in [1.29, 1.82) is 0 Å². The van der Waals surface area contributed by atoms with Gasteiger partial charge in [-0.25, -0.2) is 0 Å². The molecule has 2 heterocycles. The summed E-state index contributed by atoms with van der Waals surface area (Å²) in [7, 11) is 3.80. The molecule has 0 saturated heterocycles. The van der Waals surface area contributed by atoms with Crippen molar-refractivity contribution in [2.75, 3.05) is 14.2 Å². The number of quaternary nitrogens is 1. The Morgan fingerprint density at radius 1 is 1.33 bits per heavy atom. The van der Waals surface area contributed by atoms with E-state index in [1.807, 2.05) is 29.6 Å². The van der Waals surface area contributed by atoms with Crippen molar-refractivity contribution < 1.29 is 14.1 Å². The van der Waals surface area contributed by atoms with Gasteiger partial charge in [-0.2, -0.15) is 0 Å². The van der Waals surface area contributed by atoms with Gasteiger partial charge >= 0.3 is 0 Å². The average molecular weight is 409 g/mol. The van der Waals surface area contributed by atoms with Crippen LogP contribution in [0, 0.1) is 0 Å². The van der Waals surface area contributed by atoms with Crippen molar-refractivity contribution in [2.45, 2.75) is 19.5 Å². The van der Waals surface area contributed by atoms with Crippen molar-refractivity contribution in [3.8, 4) is 16.5 Å². The average Bonchev–Trinajstić information content (AvgIpc) is 3.25. The van der Waals surface area contributed by atoms with Crippen LogP contribution in [-0.2, 0) is 6.54 Å². The minimum absolute atomic E-state index is 0.0786.